The number of thiazole rings is 1. The first-order chi connectivity index (χ1) is 14.7. The largest absolute Gasteiger partial charge is 0.493 e. The van der Waals surface area contributed by atoms with Gasteiger partial charge in [0.1, 0.15) is 5.01 Å². The van der Waals surface area contributed by atoms with E-state index in [9.17, 15) is 0 Å². The van der Waals surface area contributed by atoms with Gasteiger partial charge >= 0.3 is 0 Å². The summed E-state index contributed by atoms with van der Waals surface area (Å²) in [5, 5.41) is 11.1. The number of nitrogens with one attached hydrogen (secondary N) is 1. The van der Waals surface area contributed by atoms with Crippen molar-refractivity contribution in [2.24, 2.45) is 0 Å². The lowest BCUT2D eigenvalue weighted by molar-refractivity contribution is 0.311. The van der Waals surface area contributed by atoms with Gasteiger partial charge in [0.25, 0.3) is 0 Å². The van der Waals surface area contributed by atoms with Crippen LogP contribution in [0.1, 0.15) is 18.2 Å². The van der Waals surface area contributed by atoms with Gasteiger partial charge in [-0.1, -0.05) is 41.6 Å². The SMILES string of the molecule is CCOc1ccc(-c2nc(CSc3n[nH]c(-c4ccc(C)cc4)n3)cs2)cc1OC. The molecule has 2 heterocycles. The molecule has 0 unspecified atom stereocenters. The van der Waals surface area contributed by atoms with Crippen LogP contribution in [0.5, 0.6) is 11.5 Å². The normalized spacial score (nSPS) is 10.9. The quantitative estimate of drug-likeness (QED) is 0.361. The maximum atomic E-state index is 5.59. The fourth-order valence-corrected chi connectivity index (χ4v) is 4.48. The van der Waals surface area contributed by atoms with Gasteiger partial charge in [0, 0.05) is 22.3 Å². The van der Waals surface area contributed by atoms with Crippen LogP contribution in [0.4, 0.5) is 0 Å². The molecule has 0 aliphatic rings. The minimum Gasteiger partial charge on any atom is -0.493 e. The summed E-state index contributed by atoms with van der Waals surface area (Å²) in [6.07, 6.45) is 0. The van der Waals surface area contributed by atoms with E-state index in [2.05, 4.69) is 39.6 Å². The predicted octanol–water partition coefficient (Wildman–Crippen LogP) is 5.60. The molecular weight excluding hydrogens is 416 g/mol. The molecule has 154 valence electrons. The van der Waals surface area contributed by atoms with E-state index in [1.807, 2.05) is 37.3 Å². The summed E-state index contributed by atoms with van der Waals surface area (Å²) in [4.78, 5) is 9.34. The highest BCUT2D eigenvalue weighted by molar-refractivity contribution is 7.98. The van der Waals surface area contributed by atoms with Crippen molar-refractivity contribution >= 4 is 23.1 Å². The highest BCUT2D eigenvalue weighted by Gasteiger charge is 2.12. The van der Waals surface area contributed by atoms with Crippen LogP contribution in [-0.4, -0.2) is 33.9 Å². The Labute approximate surface area is 183 Å². The minimum absolute atomic E-state index is 0.598. The smallest absolute Gasteiger partial charge is 0.209 e. The van der Waals surface area contributed by atoms with E-state index in [0.29, 0.717) is 23.3 Å². The van der Waals surface area contributed by atoms with Crippen molar-refractivity contribution in [3.05, 3.63) is 59.1 Å². The van der Waals surface area contributed by atoms with Gasteiger partial charge in [-0.05, 0) is 32.0 Å². The Hall–Kier alpha value is -2.84. The highest BCUT2D eigenvalue weighted by Crippen LogP contribution is 2.34. The summed E-state index contributed by atoms with van der Waals surface area (Å²) in [5.41, 5.74) is 4.25. The minimum atomic E-state index is 0.598. The second-order valence-corrected chi connectivity index (χ2v) is 8.36. The summed E-state index contributed by atoms with van der Waals surface area (Å²) < 4.78 is 11.0. The number of benzene rings is 2. The third-order valence-corrected chi connectivity index (χ3v) is 6.22. The summed E-state index contributed by atoms with van der Waals surface area (Å²) in [6.45, 7) is 4.62. The number of aryl methyl sites for hydroxylation is 1. The number of aromatic nitrogens is 4. The first kappa shape index (κ1) is 20.4. The number of ether oxygens (including phenoxy) is 2. The highest BCUT2D eigenvalue weighted by atomic mass is 32.2. The molecule has 8 heteroatoms. The fourth-order valence-electron chi connectivity index (χ4n) is 2.87. The van der Waals surface area contributed by atoms with E-state index >= 15 is 0 Å². The van der Waals surface area contributed by atoms with Crippen LogP contribution >= 0.6 is 23.1 Å². The van der Waals surface area contributed by atoms with Gasteiger partial charge in [-0.3, -0.25) is 5.10 Å². The summed E-state index contributed by atoms with van der Waals surface area (Å²) in [6, 6.07) is 14.1. The van der Waals surface area contributed by atoms with Crippen molar-refractivity contribution < 1.29 is 9.47 Å². The molecule has 0 spiro atoms. The van der Waals surface area contributed by atoms with Gasteiger partial charge in [0.15, 0.2) is 17.3 Å². The van der Waals surface area contributed by atoms with Crippen molar-refractivity contribution in [3.63, 3.8) is 0 Å². The van der Waals surface area contributed by atoms with E-state index in [1.165, 1.54) is 5.56 Å². The fraction of sp³-hybridized carbons (Fsp3) is 0.227. The molecular formula is C22H22N4O2S2. The van der Waals surface area contributed by atoms with Crippen LogP contribution in [0.25, 0.3) is 22.0 Å². The van der Waals surface area contributed by atoms with Gasteiger partial charge in [-0.25, -0.2) is 9.97 Å². The van der Waals surface area contributed by atoms with E-state index in [1.54, 1.807) is 30.2 Å². The average molecular weight is 439 g/mol. The Morgan fingerprint density at radius 3 is 2.60 bits per heavy atom. The Balaban J connectivity index is 1.42. The molecule has 0 saturated carbocycles. The summed E-state index contributed by atoms with van der Waals surface area (Å²) >= 11 is 3.17. The maximum Gasteiger partial charge on any atom is 0.209 e. The number of H-pyrrole nitrogens is 1. The number of rotatable bonds is 8. The van der Waals surface area contributed by atoms with Gasteiger partial charge in [0.2, 0.25) is 5.16 Å². The lowest BCUT2D eigenvalue weighted by Crippen LogP contribution is -1.95. The summed E-state index contributed by atoms with van der Waals surface area (Å²) in [7, 11) is 1.65. The number of methoxy groups -OCH3 is 1. The Morgan fingerprint density at radius 2 is 1.83 bits per heavy atom. The molecule has 0 aliphatic heterocycles. The van der Waals surface area contributed by atoms with Gasteiger partial charge in [0.05, 0.1) is 19.4 Å². The third kappa shape index (κ3) is 4.66. The second kappa shape index (κ2) is 9.32. The molecule has 0 amide bonds. The topological polar surface area (TPSA) is 72.9 Å². The van der Waals surface area contributed by atoms with Crippen molar-refractivity contribution in [2.45, 2.75) is 24.8 Å². The Kier molecular flexibility index (Phi) is 6.35. The predicted molar refractivity (Wildman–Crippen MR) is 121 cm³/mol. The van der Waals surface area contributed by atoms with Gasteiger partial charge in [-0.2, -0.15) is 0 Å². The number of nitrogens with zero attached hydrogens (tertiary/aromatic N) is 3. The summed E-state index contributed by atoms with van der Waals surface area (Å²) in [5.74, 6) is 2.93. The van der Waals surface area contributed by atoms with Crippen LogP contribution in [0.15, 0.2) is 53.0 Å². The zero-order valence-electron chi connectivity index (χ0n) is 17.0. The number of aromatic amines is 1. The van der Waals surface area contributed by atoms with Crippen LogP contribution in [0.2, 0.25) is 0 Å². The molecule has 2 aromatic carbocycles. The van der Waals surface area contributed by atoms with Gasteiger partial charge < -0.3 is 9.47 Å². The number of thioether (sulfide) groups is 1. The maximum absolute atomic E-state index is 5.59. The van der Waals surface area contributed by atoms with E-state index in [-0.39, 0.29) is 0 Å². The van der Waals surface area contributed by atoms with Crippen molar-refractivity contribution in [1.82, 2.24) is 20.2 Å². The lowest BCUT2D eigenvalue weighted by Gasteiger charge is -2.09. The zero-order chi connectivity index (χ0) is 20.9. The van der Waals surface area contributed by atoms with Crippen molar-refractivity contribution in [2.75, 3.05) is 13.7 Å². The molecule has 2 aromatic heterocycles. The molecule has 0 saturated heterocycles. The number of hydrogen-bond donors (Lipinski definition) is 1. The molecule has 1 N–H and O–H groups in total. The molecule has 4 rings (SSSR count). The molecule has 0 atom stereocenters. The standard InChI is InChI=1S/C22H22N4O2S2/c1-4-28-18-10-9-16(11-19(18)27-3)21-23-17(12-29-21)13-30-22-24-20(25-26-22)15-7-5-14(2)6-8-15/h5-12H,4,13H2,1-3H3,(H,24,25,26). The molecule has 0 bridgehead atoms. The van der Waals surface area contributed by atoms with Crippen molar-refractivity contribution in [1.29, 1.82) is 0 Å². The number of hydrogen-bond acceptors (Lipinski definition) is 7. The molecule has 0 fully saturated rings. The van der Waals surface area contributed by atoms with Crippen molar-refractivity contribution in [3.8, 4) is 33.5 Å². The molecule has 0 radical (unpaired) electrons. The molecule has 0 aliphatic carbocycles. The molecule has 30 heavy (non-hydrogen) atoms. The van der Waals surface area contributed by atoms with E-state index in [0.717, 1.165) is 33.4 Å². The van der Waals surface area contributed by atoms with Crippen LogP contribution < -0.4 is 9.47 Å². The van der Waals surface area contributed by atoms with E-state index in [4.69, 9.17) is 14.5 Å². The van der Waals surface area contributed by atoms with Crippen LogP contribution in [0, 0.1) is 6.92 Å². The lowest BCUT2D eigenvalue weighted by atomic mass is 10.1. The second-order valence-electron chi connectivity index (χ2n) is 6.56. The van der Waals surface area contributed by atoms with E-state index < -0.39 is 0 Å². The Bertz CT molecular complexity index is 1120. The van der Waals surface area contributed by atoms with Gasteiger partial charge in [-0.15, -0.1) is 16.4 Å². The molecule has 4 aromatic rings. The third-order valence-electron chi connectivity index (χ3n) is 4.40. The first-order valence-corrected chi connectivity index (χ1v) is 11.4. The van der Waals surface area contributed by atoms with Crippen LogP contribution in [0.3, 0.4) is 0 Å². The first-order valence-electron chi connectivity index (χ1n) is 9.54. The molecule has 6 nitrogen and oxygen atoms in total. The average Bonchev–Trinajstić information content (AvgIpc) is 3.43. The van der Waals surface area contributed by atoms with Crippen LogP contribution in [-0.2, 0) is 5.75 Å². The zero-order valence-corrected chi connectivity index (χ0v) is 18.6. The Morgan fingerprint density at radius 1 is 1.03 bits per heavy atom. The monoisotopic (exact) mass is 438 g/mol.